The second-order valence-corrected chi connectivity index (χ2v) is 6.87. The first kappa shape index (κ1) is 14.2. The van der Waals surface area contributed by atoms with E-state index in [2.05, 4.69) is 0 Å². The summed E-state index contributed by atoms with van der Waals surface area (Å²) in [7, 11) is 0. The minimum absolute atomic E-state index is 0.213. The van der Waals surface area contributed by atoms with Crippen molar-refractivity contribution in [2.24, 2.45) is 0 Å². The number of hydrogen-bond donors (Lipinski definition) is 1. The molecule has 1 radical (unpaired) electrons. The Labute approximate surface area is 108 Å². The van der Waals surface area contributed by atoms with E-state index in [-0.39, 0.29) is 22.3 Å². The number of benzene rings is 1. The van der Waals surface area contributed by atoms with Gasteiger partial charge in [-0.2, -0.15) is 0 Å². The molecule has 0 aromatic heterocycles. The molecule has 1 rings (SSSR count). The lowest BCUT2D eigenvalue weighted by molar-refractivity contribution is 0.308. The lowest BCUT2D eigenvalue weighted by Gasteiger charge is -2.26. The average molecular weight is 256 g/mol. The van der Waals surface area contributed by atoms with Crippen LogP contribution < -0.4 is 0 Å². The number of hydrogen-bond acceptors (Lipinski definition) is 1. The summed E-state index contributed by atoms with van der Waals surface area (Å²) in [6.45, 7) is 11.5. The maximum atomic E-state index is 12.1. The molecule has 1 aromatic carbocycles. The fourth-order valence-corrected chi connectivity index (χ4v) is 2.37. The zero-order valence-corrected chi connectivity index (χ0v) is 12.1. The highest BCUT2D eigenvalue weighted by molar-refractivity contribution is 6.31. The molecule has 0 amide bonds. The van der Waals surface area contributed by atoms with Crippen LogP contribution in [0.4, 0.5) is 0 Å². The van der Waals surface area contributed by atoms with Crippen LogP contribution in [0.3, 0.4) is 0 Å². The molecule has 2 nitrogen and oxygen atoms in total. The molecule has 3 heteroatoms. The molecule has 0 spiro atoms. The van der Waals surface area contributed by atoms with Crippen LogP contribution in [0.15, 0.2) is 6.07 Å². The summed E-state index contributed by atoms with van der Waals surface area (Å²) in [4.78, 5) is 0. The van der Waals surface area contributed by atoms with E-state index in [0.29, 0.717) is 16.1 Å². The monoisotopic (exact) mass is 255 g/mol. The van der Waals surface area contributed by atoms with Gasteiger partial charge in [-0.05, 0) is 16.9 Å². The van der Waals surface area contributed by atoms with Gasteiger partial charge in [0, 0.05) is 16.1 Å². The summed E-state index contributed by atoms with van der Waals surface area (Å²) < 4.78 is 0. The van der Waals surface area contributed by atoms with E-state index in [1.54, 1.807) is 6.07 Å². The van der Waals surface area contributed by atoms with Gasteiger partial charge in [-0.1, -0.05) is 53.1 Å². The molecule has 17 heavy (non-hydrogen) atoms. The summed E-state index contributed by atoms with van der Waals surface area (Å²) in [5, 5.41) is 22.6. The molecule has 1 N–H and O–H groups in total. The lowest BCUT2D eigenvalue weighted by Crippen LogP contribution is -2.16. The van der Waals surface area contributed by atoms with Crippen LogP contribution in [0.25, 0.3) is 0 Å². The Balaban J connectivity index is 3.60. The van der Waals surface area contributed by atoms with Crippen LogP contribution in [-0.2, 0) is 15.9 Å². The summed E-state index contributed by atoms with van der Waals surface area (Å²) in [5.41, 5.74) is 0.399. The minimum atomic E-state index is -0.350. The third kappa shape index (κ3) is 2.68. The first-order valence-electron chi connectivity index (χ1n) is 5.69. The molecule has 1 aromatic rings. The zero-order valence-electron chi connectivity index (χ0n) is 11.3. The van der Waals surface area contributed by atoms with Crippen LogP contribution in [0.1, 0.15) is 52.7 Å². The standard InChI is InChI=1S/C14H20ClO2/c1-13(2,3)8-7-9(15)10(14(4,5)6)12(17)11(8)16/h7,17H,1-6H3. The van der Waals surface area contributed by atoms with Crippen LogP contribution in [0.2, 0.25) is 5.02 Å². The topological polar surface area (TPSA) is 40.1 Å². The molecular formula is C14H20ClO2. The predicted molar refractivity (Wildman–Crippen MR) is 70.6 cm³/mol. The molecule has 0 atom stereocenters. The Hall–Kier alpha value is -0.890. The van der Waals surface area contributed by atoms with Gasteiger partial charge in [0.2, 0.25) is 5.75 Å². The van der Waals surface area contributed by atoms with Crippen molar-refractivity contribution in [3.8, 4) is 11.5 Å². The highest BCUT2D eigenvalue weighted by Crippen LogP contribution is 2.47. The van der Waals surface area contributed by atoms with Gasteiger partial charge in [0.1, 0.15) is 0 Å². The Morgan fingerprint density at radius 3 is 1.88 bits per heavy atom. The van der Waals surface area contributed by atoms with E-state index < -0.39 is 0 Å². The molecule has 0 heterocycles. The quantitative estimate of drug-likeness (QED) is 0.712. The van der Waals surface area contributed by atoms with Crippen molar-refractivity contribution < 1.29 is 10.2 Å². The molecule has 0 aliphatic heterocycles. The second kappa shape index (κ2) is 4.09. The molecule has 95 valence electrons. The first-order chi connectivity index (χ1) is 7.46. The first-order valence-corrected chi connectivity index (χ1v) is 6.07. The Morgan fingerprint density at radius 1 is 1.06 bits per heavy atom. The van der Waals surface area contributed by atoms with Crippen molar-refractivity contribution in [1.29, 1.82) is 0 Å². The van der Waals surface area contributed by atoms with Gasteiger partial charge in [0.15, 0.2) is 5.75 Å². The van der Waals surface area contributed by atoms with Gasteiger partial charge in [0.25, 0.3) is 0 Å². The number of phenols is 1. The fourth-order valence-electron chi connectivity index (χ4n) is 1.89. The van der Waals surface area contributed by atoms with E-state index in [0.717, 1.165) is 0 Å². The number of aromatic hydroxyl groups is 1. The fraction of sp³-hybridized carbons (Fsp3) is 0.571. The van der Waals surface area contributed by atoms with Crippen molar-refractivity contribution in [2.45, 2.75) is 52.4 Å². The number of rotatable bonds is 0. The van der Waals surface area contributed by atoms with Crippen molar-refractivity contribution >= 4 is 11.6 Å². The molecule has 0 aliphatic rings. The predicted octanol–water partition coefficient (Wildman–Crippen LogP) is 4.78. The van der Waals surface area contributed by atoms with E-state index in [9.17, 15) is 10.2 Å². The largest absolute Gasteiger partial charge is 0.504 e. The summed E-state index contributed by atoms with van der Waals surface area (Å²) in [6.07, 6.45) is 0. The minimum Gasteiger partial charge on any atom is -0.504 e. The highest BCUT2D eigenvalue weighted by atomic mass is 35.5. The second-order valence-electron chi connectivity index (χ2n) is 6.46. The van der Waals surface area contributed by atoms with Crippen molar-refractivity contribution in [3.05, 3.63) is 22.2 Å². The number of halogens is 1. The molecule has 0 unspecified atom stereocenters. The SMILES string of the molecule is CC(C)(C)c1cc(Cl)c(C(C)(C)C)c(O)c1[O]. The summed E-state index contributed by atoms with van der Waals surface area (Å²) in [5.74, 6) is -0.526. The summed E-state index contributed by atoms with van der Waals surface area (Å²) in [6, 6.07) is 1.68. The normalized spacial score (nSPS) is 12.9. The van der Waals surface area contributed by atoms with E-state index >= 15 is 0 Å². The van der Waals surface area contributed by atoms with Crippen LogP contribution in [0.5, 0.6) is 11.5 Å². The van der Waals surface area contributed by atoms with Gasteiger partial charge in [0.05, 0.1) is 0 Å². The van der Waals surface area contributed by atoms with Crippen molar-refractivity contribution in [3.63, 3.8) is 0 Å². The Kier molecular flexibility index (Phi) is 3.41. The van der Waals surface area contributed by atoms with E-state index in [1.807, 2.05) is 41.5 Å². The summed E-state index contributed by atoms with van der Waals surface area (Å²) >= 11 is 6.20. The molecular weight excluding hydrogens is 236 g/mol. The molecule has 0 aliphatic carbocycles. The van der Waals surface area contributed by atoms with Gasteiger partial charge in [-0.15, -0.1) is 0 Å². The highest BCUT2D eigenvalue weighted by Gasteiger charge is 2.30. The van der Waals surface area contributed by atoms with Crippen LogP contribution in [0, 0.1) is 0 Å². The third-order valence-corrected chi connectivity index (χ3v) is 3.06. The van der Waals surface area contributed by atoms with Crippen molar-refractivity contribution in [2.75, 3.05) is 0 Å². The third-order valence-electron chi connectivity index (χ3n) is 2.76. The van der Waals surface area contributed by atoms with Crippen molar-refractivity contribution in [1.82, 2.24) is 0 Å². The average Bonchev–Trinajstić information content (AvgIpc) is 2.07. The Bertz CT molecular complexity index is 437. The molecule has 0 bridgehead atoms. The van der Waals surface area contributed by atoms with Gasteiger partial charge in [-0.3, -0.25) is 5.11 Å². The number of phenolic OH excluding ortho intramolecular Hbond substituents is 1. The van der Waals surface area contributed by atoms with Crippen LogP contribution >= 0.6 is 11.6 Å². The zero-order chi connectivity index (χ0) is 13.6. The lowest BCUT2D eigenvalue weighted by atomic mass is 9.81. The van der Waals surface area contributed by atoms with Gasteiger partial charge >= 0.3 is 0 Å². The van der Waals surface area contributed by atoms with E-state index in [4.69, 9.17) is 11.6 Å². The maximum Gasteiger partial charge on any atom is 0.224 e. The van der Waals surface area contributed by atoms with E-state index in [1.165, 1.54) is 0 Å². The maximum absolute atomic E-state index is 12.1. The van der Waals surface area contributed by atoms with Gasteiger partial charge in [-0.25, -0.2) is 0 Å². The molecule has 0 saturated carbocycles. The van der Waals surface area contributed by atoms with Crippen LogP contribution in [-0.4, -0.2) is 5.11 Å². The smallest absolute Gasteiger partial charge is 0.224 e. The molecule has 0 fully saturated rings. The molecule has 0 saturated heterocycles. The Morgan fingerprint density at radius 2 is 1.53 bits per heavy atom. The van der Waals surface area contributed by atoms with Gasteiger partial charge < -0.3 is 5.11 Å².